The fraction of sp³-hybridized carbons (Fsp3) is 0.276. The second-order valence-electron chi connectivity index (χ2n) is 9.94. The van der Waals surface area contributed by atoms with Crippen LogP contribution in [0.3, 0.4) is 0 Å². The Kier molecular flexibility index (Phi) is 5.79. The van der Waals surface area contributed by atoms with Gasteiger partial charge in [-0.1, -0.05) is 53.6 Å². The molecule has 9 heteroatoms. The third-order valence-electron chi connectivity index (χ3n) is 6.97. The van der Waals surface area contributed by atoms with Crippen LogP contribution >= 0.6 is 11.6 Å². The van der Waals surface area contributed by atoms with Crippen molar-refractivity contribution >= 4 is 40.7 Å². The summed E-state index contributed by atoms with van der Waals surface area (Å²) in [7, 11) is 1.52. The number of hydrogen-bond donors (Lipinski definition) is 1. The van der Waals surface area contributed by atoms with Gasteiger partial charge in [0.1, 0.15) is 35.6 Å². The van der Waals surface area contributed by atoms with Gasteiger partial charge < -0.3 is 14.8 Å². The molecule has 3 heterocycles. The van der Waals surface area contributed by atoms with E-state index in [1.165, 1.54) is 12.0 Å². The molecule has 0 fully saturated rings. The Labute approximate surface area is 225 Å². The number of fused-ring (bicyclic) bond motifs is 2. The van der Waals surface area contributed by atoms with Gasteiger partial charge in [-0.3, -0.25) is 19.6 Å². The zero-order chi connectivity index (χ0) is 26.7. The third-order valence-corrected chi connectivity index (χ3v) is 7.22. The Morgan fingerprint density at radius 2 is 1.82 bits per heavy atom. The SMILES string of the molecule is COc1cc(OC(C)C)c2c3c1NC(=O)CN3C(=O)N1C2=NC(c2cccc(C)c2)C1c1ccc(Cl)cc1. The number of aliphatic imine (C=N–C) groups is 1. The summed E-state index contributed by atoms with van der Waals surface area (Å²) in [5.41, 5.74) is 4.60. The number of ether oxygens (including phenoxy) is 2. The molecule has 2 atom stereocenters. The van der Waals surface area contributed by atoms with Crippen molar-refractivity contribution in [3.05, 3.63) is 81.9 Å². The van der Waals surface area contributed by atoms with E-state index >= 15 is 0 Å². The van der Waals surface area contributed by atoms with Crippen molar-refractivity contribution in [3.8, 4) is 11.5 Å². The number of benzene rings is 3. The summed E-state index contributed by atoms with van der Waals surface area (Å²) in [6, 6.07) is 16.2. The minimum atomic E-state index is -0.452. The molecule has 1 N–H and O–H groups in total. The van der Waals surface area contributed by atoms with Crippen LogP contribution in [0.1, 0.15) is 48.2 Å². The lowest BCUT2D eigenvalue weighted by molar-refractivity contribution is -0.115. The van der Waals surface area contributed by atoms with Gasteiger partial charge in [0.05, 0.1) is 30.5 Å². The molecule has 2 unspecified atom stereocenters. The van der Waals surface area contributed by atoms with Crippen LogP contribution < -0.4 is 19.7 Å². The fourth-order valence-electron chi connectivity index (χ4n) is 5.47. The molecule has 8 nitrogen and oxygen atoms in total. The topological polar surface area (TPSA) is 83.5 Å². The van der Waals surface area contributed by atoms with E-state index in [1.807, 2.05) is 63.2 Å². The van der Waals surface area contributed by atoms with Gasteiger partial charge in [0.25, 0.3) is 0 Å². The van der Waals surface area contributed by atoms with E-state index in [2.05, 4.69) is 11.4 Å². The van der Waals surface area contributed by atoms with Crippen LogP contribution in [0.15, 0.2) is 59.6 Å². The number of nitrogens with one attached hydrogen (secondary N) is 1. The quantitative estimate of drug-likeness (QED) is 0.446. The number of halogens is 1. The van der Waals surface area contributed by atoms with Crippen molar-refractivity contribution in [1.82, 2.24) is 4.90 Å². The number of amidine groups is 1. The standard InChI is InChI=1S/C29H27ClN4O4/c1-15(2)38-20-13-21(37-4)25-27-23(20)28-32-24(18-7-5-6-16(3)12-18)26(17-8-10-19(30)11-9-17)34(28)29(36)33(27)14-22(35)31-25/h5-13,15,24,26H,14H2,1-4H3,(H,31,35). The van der Waals surface area contributed by atoms with Crippen molar-refractivity contribution in [2.45, 2.75) is 39.0 Å². The van der Waals surface area contributed by atoms with E-state index in [9.17, 15) is 9.59 Å². The summed E-state index contributed by atoms with van der Waals surface area (Å²) in [5, 5.41) is 3.50. The zero-order valence-electron chi connectivity index (χ0n) is 21.5. The van der Waals surface area contributed by atoms with Gasteiger partial charge in [-0.05, 0) is 44.0 Å². The van der Waals surface area contributed by atoms with Crippen LogP contribution in [0.25, 0.3) is 0 Å². The zero-order valence-corrected chi connectivity index (χ0v) is 22.2. The minimum Gasteiger partial charge on any atom is -0.494 e. The van der Waals surface area contributed by atoms with E-state index in [-0.39, 0.29) is 30.6 Å². The molecule has 194 valence electrons. The molecule has 0 radical (unpaired) electrons. The molecule has 38 heavy (non-hydrogen) atoms. The molecule has 6 rings (SSSR count). The number of urea groups is 1. The van der Waals surface area contributed by atoms with Crippen LogP contribution in [0.2, 0.25) is 5.02 Å². The highest BCUT2D eigenvalue weighted by Gasteiger charge is 2.51. The Morgan fingerprint density at radius 3 is 2.50 bits per heavy atom. The van der Waals surface area contributed by atoms with Crippen molar-refractivity contribution in [3.63, 3.8) is 0 Å². The Bertz CT molecular complexity index is 1500. The highest BCUT2D eigenvalue weighted by molar-refractivity contribution is 6.30. The van der Waals surface area contributed by atoms with Gasteiger partial charge in [0.2, 0.25) is 5.91 Å². The number of carbonyl (C=O) groups excluding carboxylic acids is 2. The first-order valence-corrected chi connectivity index (χ1v) is 12.9. The van der Waals surface area contributed by atoms with Crippen LogP contribution in [0.5, 0.6) is 11.5 Å². The average Bonchev–Trinajstić information content (AvgIpc) is 3.28. The van der Waals surface area contributed by atoms with Crippen LogP contribution in [0, 0.1) is 6.92 Å². The summed E-state index contributed by atoms with van der Waals surface area (Å²) >= 11 is 6.22. The molecule has 0 saturated heterocycles. The smallest absolute Gasteiger partial charge is 0.331 e. The molecule has 0 aromatic heterocycles. The lowest BCUT2D eigenvalue weighted by atomic mass is 9.92. The van der Waals surface area contributed by atoms with Gasteiger partial charge in [-0.25, -0.2) is 4.79 Å². The van der Waals surface area contributed by atoms with Crippen molar-refractivity contribution in [2.75, 3.05) is 23.9 Å². The Balaban J connectivity index is 1.63. The highest BCUT2D eigenvalue weighted by Crippen LogP contribution is 2.54. The van der Waals surface area contributed by atoms with Gasteiger partial charge in [0, 0.05) is 11.1 Å². The molecule has 3 aromatic rings. The van der Waals surface area contributed by atoms with Gasteiger partial charge >= 0.3 is 6.03 Å². The van der Waals surface area contributed by atoms with Gasteiger partial charge in [-0.2, -0.15) is 0 Å². The molecular weight excluding hydrogens is 504 g/mol. The molecule has 3 aromatic carbocycles. The summed E-state index contributed by atoms with van der Waals surface area (Å²) in [6.45, 7) is 5.78. The van der Waals surface area contributed by atoms with E-state index in [0.717, 1.165) is 16.7 Å². The Hall–Kier alpha value is -4.04. The maximum atomic E-state index is 14.2. The molecule has 0 saturated carbocycles. The monoisotopic (exact) mass is 530 g/mol. The second kappa shape index (κ2) is 9.06. The number of anilines is 2. The first-order valence-electron chi connectivity index (χ1n) is 12.5. The molecular formula is C29H27ClN4O4. The number of carbonyl (C=O) groups is 2. The number of rotatable bonds is 5. The normalized spacial score (nSPS) is 19.7. The van der Waals surface area contributed by atoms with Gasteiger partial charge in [-0.15, -0.1) is 0 Å². The maximum absolute atomic E-state index is 14.2. The fourth-order valence-corrected chi connectivity index (χ4v) is 5.59. The third kappa shape index (κ3) is 3.79. The number of methoxy groups -OCH3 is 1. The molecule has 3 amide bonds. The molecule has 0 spiro atoms. The predicted octanol–water partition coefficient (Wildman–Crippen LogP) is 5.88. The van der Waals surface area contributed by atoms with E-state index < -0.39 is 6.04 Å². The lowest BCUT2D eigenvalue weighted by Gasteiger charge is -2.42. The van der Waals surface area contributed by atoms with Crippen LogP contribution in [-0.4, -0.2) is 42.4 Å². The predicted molar refractivity (Wildman–Crippen MR) is 147 cm³/mol. The lowest BCUT2D eigenvalue weighted by Crippen LogP contribution is -2.55. The number of hydrogen-bond acceptors (Lipinski definition) is 5. The van der Waals surface area contributed by atoms with Crippen molar-refractivity contribution < 1.29 is 19.1 Å². The van der Waals surface area contributed by atoms with Crippen molar-refractivity contribution in [1.29, 1.82) is 0 Å². The summed E-state index contributed by atoms with van der Waals surface area (Å²) in [4.78, 5) is 35.4. The Morgan fingerprint density at radius 1 is 1.05 bits per heavy atom. The van der Waals surface area contributed by atoms with Crippen LogP contribution in [-0.2, 0) is 4.79 Å². The van der Waals surface area contributed by atoms with E-state index in [0.29, 0.717) is 39.3 Å². The first-order chi connectivity index (χ1) is 18.3. The molecule has 0 bridgehead atoms. The average molecular weight is 531 g/mol. The number of nitrogens with zero attached hydrogens (tertiary/aromatic N) is 3. The molecule has 3 aliphatic heterocycles. The summed E-state index contributed by atoms with van der Waals surface area (Å²) < 4.78 is 11.9. The van der Waals surface area contributed by atoms with Gasteiger partial charge in [0.15, 0.2) is 0 Å². The molecule has 0 aliphatic carbocycles. The maximum Gasteiger partial charge on any atom is 0.331 e. The second-order valence-corrected chi connectivity index (χ2v) is 10.4. The van der Waals surface area contributed by atoms with E-state index in [4.69, 9.17) is 26.1 Å². The number of amides is 3. The number of aryl methyl sites for hydroxylation is 1. The van der Waals surface area contributed by atoms with E-state index in [1.54, 1.807) is 11.0 Å². The van der Waals surface area contributed by atoms with Crippen LogP contribution in [0.4, 0.5) is 16.2 Å². The summed E-state index contributed by atoms with van der Waals surface area (Å²) in [5.74, 6) is 1.16. The minimum absolute atomic E-state index is 0.126. The first kappa shape index (κ1) is 24.3. The largest absolute Gasteiger partial charge is 0.494 e. The van der Waals surface area contributed by atoms with Crippen molar-refractivity contribution in [2.24, 2.45) is 4.99 Å². The molecule has 3 aliphatic rings. The summed E-state index contributed by atoms with van der Waals surface area (Å²) in [6.07, 6.45) is -0.145. The highest BCUT2D eigenvalue weighted by atomic mass is 35.5.